The minimum Gasteiger partial charge on any atom is -0.360 e. The minimum absolute atomic E-state index is 0.278. The van der Waals surface area contributed by atoms with Crippen molar-refractivity contribution in [2.45, 2.75) is 32.9 Å². The number of allylic oxidation sites excluding steroid dienone is 1. The van der Waals surface area contributed by atoms with E-state index in [1.807, 2.05) is 6.07 Å². The molecule has 130 valence electrons. The van der Waals surface area contributed by atoms with Crippen LogP contribution in [0.15, 0.2) is 21.2 Å². The van der Waals surface area contributed by atoms with Crippen LogP contribution in [0.4, 0.5) is 5.82 Å². The third-order valence-electron chi connectivity index (χ3n) is 3.88. The molecular formula is C16H17N5O3S. The predicted molar refractivity (Wildman–Crippen MR) is 90.6 cm³/mol. The Bertz CT molecular complexity index is 828. The van der Waals surface area contributed by atoms with Crippen LogP contribution in [-0.4, -0.2) is 22.2 Å². The van der Waals surface area contributed by atoms with E-state index in [0.717, 1.165) is 11.8 Å². The van der Waals surface area contributed by atoms with Gasteiger partial charge in [0.15, 0.2) is 5.82 Å². The van der Waals surface area contributed by atoms with E-state index in [2.05, 4.69) is 21.9 Å². The number of thioether (sulfide) groups is 1. The van der Waals surface area contributed by atoms with Crippen molar-refractivity contribution in [3.05, 3.63) is 22.4 Å². The number of hydrogen-bond donors (Lipinski definition) is 2. The fraction of sp³-hybridized carbons (Fsp3) is 0.438. The van der Waals surface area contributed by atoms with Gasteiger partial charge in [0.2, 0.25) is 11.8 Å². The lowest BCUT2D eigenvalue weighted by Gasteiger charge is -2.35. The van der Waals surface area contributed by atoms with Gasteiger partial charge in [0.25, 0.3) is 0 Å². The van der Waals surface area contributed by atoms with Crippen LogP contribution in [0.25, 0.3) is 0 Å². The highest BCUT2D eigenvalue weighted by atomic mass is 32.2. The van der Waals surface area contributed by atoms with E-state index >= 15 is 0 Å². The SMILES string of the molecule is Cc1cc(NC(=O)[C@H](C)SC2=C(C#N)C(C)(C)[C@H](C#N)C(=O)N2)no1. The highest BCUT2D eigenvalue weighted by molar-refractivity contribution is 8.04. The summed E-state index contributed by atoms with van der Waals surface area (Å²) in [6, 6.07) is 5.58. The van der Waals surface area contributed by atoms with E-state index < -0.39 is 22.5 Å². The Balaban J connectivity index is 2.21. The lowest BCUT2D eigenvalue weighted by Crippen LogP contribution is -2.45. The monoisotopic (exact) mass is 359 g/mol. The zero-order valence-corrected chi connectivity index (χ0v) is 15.0. The van der Waals surface area contributed by atoms with Gasteiger partial charge in [-0.3, -0.25) is 9.59 Å². The van der Waals surface area contributed by atoms with Crippen molar-refractivity contribution in [3.63, 3.8) is 0 Å². The molecule has 9 heteroatoms. The summed E-state index contributed by atoms with van der Waals surface area (Å²) in [5.41, 5.74) is -0.659. The molecule has 2 amide bonds. The van der Waals surface area contributed by atoms with Gasteiger partial charge in [0.1, 0.15) is 11.7 Å². The first-order chi connectivity index (χ1) is 11.7. The maximum atomic E-state index is 12.3. The first-order valence-corrected chi connectivity index (χ1v) is 8.34. The van der Waals surface area contributed by atoms with Crippen LogP contribution < -0.4 is 10.6 Å². The molecule has 0 saturated carbocycles. The lowest BCUT2D eigenvalue weighted by molar-refractivity contribution is -0.125. The Morgan fingerprint density at radius 1 is 1.52 bits per heavy atom. The molecule has 25 heavy (non-hydrogen) atoms. The number of nitrogens with zero attached hydrogens (tertiary/aromatic N) is 3. The van der Waals surface area contributed by atoms with Gasteiger partial charge in [-0.15, -0.1) is 0 Å². The Morgan fingerprint density at radius 2 is 2.20 bits per heavy atom. The van der Waals surface area contributed by atoms with Crippen LogP contribution in [0.3, 0.4) is 0 Å². The molecule has 2 atom stereocenters. The van der Waals surface area contributed by atoms with Crippen LogP contribution in [0, 0.1) is 40.9 Å². The second-order valence-corrected chi connectivity index (χ2v) is 7.51. The molecule has 2 N–H and O–H groups in total. The van der Waals surface area contributed by atoms with Crippen molar-refractivity contribution < 1.29 is 14.1 Å². The molecule has 2 heterocycles. The molecule has 0 aliphatic carbocycles. The van der Waals surface area contributed by atoms with E-state index in [9.17, 15) is 20.1 Å². The predicted octanol–water partition coefficient (Wildman–Crippen LogP) is 2.07. The molecule has 1 aliphatic heterocycles. The zero-order chi connectivity index (χ0) is 18.8. The van der Waals surface area contributed by atoms with Crippen LogP contribution >= 0.6 is 11.8 Å². The number of aromatic nitrogens is 1. The highest BCUT2D eigenvalue weighted by Crippen LogP contribution is 2.42. The Morgan fingerprint density at radius 3 is 2.72 bits per heavy atom. The number of hydrogen-bond acceptors (Lipinski definition) is 7. The first-order valence-electron chi connectivity index (χ1n) is 7.46. The van der Waals surface area contributed by atoms with E-state index in [0.29, 0.717) is 16.6 Å². The van der Waals surface area contributed by atoms with Crippen molar-refractivity contribution >= 4 is 29.4 Å². The topological polar surface area (TPSA) is 132 Å². The van der Waals surface area contributed by atoms with E-state index in [1.165, 1.54) is 0 Å². The summed E-state index contributed by atoms with van der Waals surface area (Å²) in [7, 11) is 0. The molecule has 1 aromatic heterocycles. The number of nitriles is 2. The second kappa shape index (κ2) is 6.99. The molecule has 1 aromatic rings. The summed E-state index contributed by atoms with van der Waals surface area (Å²) in [4.78, 5) is 24.4. The van der Waals surface area contributed by atoms with Crippen LogP contribution in [0.2, 0.25) is 0 Å². The molecule has 0 saturated heterocycles. The number of anilines is 1. The fourth-order valence-corrected chi connectivity index (χ4v) is 3.50. The maximum absolute atomic E-state index is 12.3. The highest BCUT2D eigenvalue weighted by Gasteiger charge is 2.45. The Labute approximate surface area is 149 Å². The normalized spacial score (nSPS) is 20.2. The first kappa shape index (κ1) is 18.6. The van der Waals surface area contributed by atoms with Gasteiger partial charge in [0.05, 0.1) is 28.0 Å². The van der Waals surface area contributed by atoms with Gasteiger partial charge in [-0.1, -0.05) is 30.8 Å². The Kier molecular flexibility index (Phi) is 5.19. The molecule has 1 aliphatic rings. The average molecular weight is 359 g/mol. The summed E-state index contributed by atoms with van der Waals surface area (Å²) in [5, 5.41) is 27.2. The van der Waals surface area contributed by atoms with Crippen LogP contribution in [0.1, 0.15) is 26.5 Å². The Hall–Kier alpha value is -2.78. The lowest BCUT2D eigenvalue weighted by atomic mass is 9.72. The van der Waals surface area contributed by atoms with Gasteiger partial charge >= 0.3 is 0 Å². The number of nitrogens with one attached hydrogen (secondary N) is 2. The number of rotatable bonds is 4. The third-order valence-corrected chi connectivity index (χ3v) is 4.99. The van der Waals surface area contributed by atoms with E-state index in [4.69, 9.17) is 4.52 Å². The van der Waals surface area contributed by atoms with Crippen molar-refractivity contribution in [2.75, 3.05) is 5.32 Å². The summed E-state index contributed by atoms with van der Waals surface area (Å²) >= 11 is 1.05. The second-order valence-electron chi connectivity index (χ2n) is 6.16. The number of aryl methyl sites for hydroxylation is 1. The number of carbonyl (C=O) groups excluding carboxylic acids is 2. The summed E-state index contributed by atoms with van der Waals surface area (Å²) < 4.78 is 4.88. The molecule has 8 nitrogen and oxygen atoms in total. The van der Waals surface area contributed by atoms with E-state index in [1.54, 1.807) is 33.8 Å². The smallest absolute Gasteiger partial charge is 0.243 e. The van der Waals surface area contributed by atoms with Gasteiger partial charge in [-0.25, -0.2) is 0 Å². The van der Waals surface area contributed by atoms with Crippen molar-refractivity contribution in [3.8, 4) is 12.1 Å². The summed E-state index contributed by atoms with van der Waals surface area (Å²) in [6.45, 7) is 6.68. The van der Waals surface area contributed by atoms with E-state index in [-0.39, 0.29) is 11.5 Å². The minimum atomic E-state index is -0.964. The summed E-state index contributed by atoms with van der Waals surface area (Å²) in [5.74, 6) is -0.934. The van der Waals surface area contributed by atoms with Crippen molar-refractivity contribution in [1.29, 1.82) is 10.5 Å². The van der Waals surface area contributed by atoms with Crippen LogP contribution in [0.5, 0.6) is 0 Å². The standard InChI is InChI=1S/C16H17N5O3S/c1-8-5-12(21-24-8)19-13(22)9(2)25-15-11(7-18)16(3,4)10(6-17)14(23)20-15/h5,9-10H,1-4H3,(H,20,23)(H,19,21,22)/t9-,10+/m0/s1. The molecule has 0 fully saturated rings. The van der Waals surface area contributed by atoms with Gasteiger partial charge in [-0.2, -0.15) is 10.5 Å². The molecule has 0 bridgehead atoms. The molecule has 0 radical (unpaired) electrons. The fourth-order valence-electron chi connectivity index (χ4n) is 2.40. The maximum Gasteiger partial charge on any atom is 0.243 e. The quantitative estimate of drug-likeness (QED) is 0.841. The molecule has 0 unspecified atom stereocenters. The van der Waals surface area contributed by atoms with Crippen molar-refractivity contribution in [2.24, 2.45) is 11.3 Å². The summed E-state index contributed by atoms with van der Waals surface area (Å²) in [6.07, 6.45) is 0. The zero-order valence-electron chi connectivity index (χ0n) is 14.2. The number of carbonyl (C=O) groups is 2. The van der Waals surface area contributed by atoms with Gasteiger partial charge in [-0.05, 0) is 13.8 Å². The molecular weight excluding hydrogens is 342 g/mol. The third kappa shape index (κ3) is 3.67. The van der Waals surface area contributed by atoms with Crippen molar-refractivity contribution in [1.82, 2.24) is 10.5 Å². The molecule has 0 spiro atoms. The largest absolute Gasteiger partial charge is 0.360 e. The molecule has 2 rings (SSSR count). The van der Waals surface area contributed by atoms with Gasteiger partial charge in [0, 0.05) is 11.5 Å². The van der Waals surface area contributed by atoms with Gasteiger partial charge < -0.3 is 15.2 Å². The molecule has 0 aromatic carbocycles. The van der Waals surface area contributed by atoms with Crippen LogP contribution in [-0.2, 0) is 9.59 Å². The average Bonchev–Trinajstić information content (AvgIpc) is 2.91. The number of amides is 2.